The van der Waals surface area contributed by atoms with Crippen LogP contribution in [-0.4, -0.2) is 46.1 Å². The number of amides is 1. The van der Waals surface area contributed by atoms with Gasteiger partial charge in [-0.3, -0.25) is 9.78 Å². The third-order valence-electron chi connectivity index (χ3n) is 2.96. The fourth-order valence-electron chi connectivity index (χ4n) is 2.13. The van der Waals surface area contributed by atoms with Crippen LogP contribution in [0.25, 0.3) is 0 Å². The molecule has 6 heteroatoms. The Labute approximate surface area is 99.7 Å². The Morgan fingerprint density at radius 3 is 3.18 bits per heavy atom. The average Bonchev–Trinajstić information content (AvgIpc) is 2.87. The standard InChI is InChI=1S/C11H16N4O2/c1-12-10-6-13-5-8(14-10)9-3-2-4-15(9)11(17)7-16/h5-6,9,16H,2-4,7H2,1H3,(H,12,14)/t9-/m1/s1. The van der Waals surface area contributed by atoms with Crippen LogP contribution in [0.4, 0.5) is 5.82 Å². The van der Waals surface area contributed by atoms with Crippen molar-refractivity contribution in [1.29, 1.82) is 0 Å². The average molecular weight is 236 g/mol. The molecule has 6 nitrogen and oxygen atoms in total. The Bertz CT molecular complexity index is 410. The minimum Gasteiger partial charge on any atom is -0.387 e. The summed E-state index contributed by atoms with van der Waals surface area (Å²) in [5.41, 5.74) is 0.774. The maximum atomic E-state index is 11.6. The van der Waals surface area contributed by atoms with E-state index in [1.54, 1.807) is 24.3 Å². The highest BCUT2D eigenvalue weighted by molar-refractivity contribution is 5.77. The second kappa shape index (κ2) is 5.09. The van der Waals surface area contributed by atoms with Gasteiger partial charge in [0.2, 0.25) is 5.91 Å². The van der Waals surface area contributed by atoms with Gasteiger partial charge in [-0.25, -0.2) is 4.98 Å². The van der Waals surface area contributed by atoms with Crippen molar-refractivity contribution in [2.75, 3.05) is 25.5 Å². The van der Waals surface area contributed by atoms with E-state index in [4.69, 9.17) is 5.11 Å². The normalized spacial score (nSPS) is 19.4. The number of aliphatic hydroxyl groups is 1. The summed E-state index contributed by atoms with van der Waals surface area (Å²) in [7, 11) is 1.78. The van der Waals surface area contributed by atoms with E-state index in [2.05, 4.69) is 15.3 Å². The molecule has 0 bridgehead atoms. The van der Waals surface area contributed by atoms with Crippen molar-refractivity contribution in [3.05, 3.63) is 18.1 Å². The summed E-state index contributed by atoms with van der Waals surface area (Å²) in [5.74, 6) is 0.440. The molecule has 17 heavy (non-hydrogen) atoms. The number of anilines is 1. The quantitative estimate of drug-likeness (QED) is 0.782. The molecule has 1 aliphatic heterocycles. The third-order valence-corrected chi connectivity index (χ3v) is 2.96. The first-order chi connectivity index (χ1) is 8.26. The second-order valence-electron chi connectivity index (χ2n) is 3.98. The molecule has 92 valence electrons. The summed E-state index contributed by atoms with van der Waals surface area (Å²) in [6.07, 6.45) is 5.11. The van der Waals surface area contributed by atoms with Crippen LogP contribution >= 0.6 is 0 Å². The zero-order chi connectivity index (χ0) is 12.3. The van der Waals surface area contributed by atoms with Gasteiger partial charge in [-0.2, -0.15) is 0 Å². The van der Waals surface area contributed by atoms with Crippen molar-refractivity contribution >= 4 is 11.7 Å². The number of hydrogen-bond acceptors (Lipinski definition) is 5. The Morgan fingerprint density at radius 2 is 2.47 bits per heavy atom. The van der Waals surface area contributed by atoms with E-state index in [1.165, 1.54) is 0 Å². The molecule has 2 N–H and O–H groups in total. The van der Waals surface area contributed by atoms with Gasteiger partial charge in [0.1, 0.15) is 12.4 Å². The van der Waals surface area contributed by atoms with Crippen molar-refractivity contribution in [3.8, 4) is 0 Å². The van der Waals surface area contributed by atoms with Gasteiger partial charge < -0.3 is 15.3 Å². The molecule has 2 rings (SSSR count). The number of carbonyl (C=O) groups excluding carboxylic acids is 1. The molecule has 0 spiro atoms. The summed E-state index contributed by atoms with van der Waals surface area (Å²) in [6.45, 7) is 0.227. The van der Waals surface area contributed by atoms with E-state index >= 15 is 0 Å². The van der Waals surface area contributed by atoms with Crippen molar-refractivity contribution < 1.29 is 9.90 Å². The van der Waals surface area contributed by atoms with Crippen LogP contribution in [-0.2, 0) is 4.79 Å². The fraction of sp³-hybridized carbons (Fsp3) is 0.545. The largest absolute Gasteiger partial charge is 0.387 e. The molecule has 1 aliphatic rings. The molecule has 0 saturated carbocycles. The summed E-state index contributed by atoms with van der Waals surface area (Å²) >= 11 is 0. The number of nitrogens with zero attached hydrogens (tertiary/aromatic N) is 3. The summed E-state index contributed by atoms with van der Waals surface area (Å²) < 4.78 is 0. The minimum atomic E-state index is -0.449. The van der Waals surface area contributed by atoms with Crippen LogP contribution in [0.1, 0.15) is 24.6 Å². The van der Waals surface area contributed by atoms with Gasteiger partial charge in [-0.1, -0.05) is 0 Å². The predicted octanol–water partition coefficient (Wildman–Crippen LogP) is 0.174. The van der Waals surface area contributed by atoms with E-state index < -0.39 is 6.61 Å². The first kappa shape index (κ1) is 11.8. The Morgan fingerprint density at radius 1 is 1.65 bits per heavy atom. The van der Waals surface area contributed by atoms with E-state index in [0.717, 1.165) is 18.5 Å². The van der Waals surface area contributed by atoms with E-state index in [0.29, 0.717) is 12.4 Å². The Balaban J connectivity index is 2.22. The molecule has 1 amide bonds. The molecule has 0 aromatic carbocycles. The van der Waals surface area contributed by atoms with Gasteiger partial charge in [0.05, 0.1) is 24.1 Å². The van der Waals surface area contributed by atoms with Gasteiger partial charge in [-0.05, 0) is 12.8 Å². The molecule has 0 aliphatic carbocycles. The van der Waals surface area contributed by atoms with Crippen LogP contribution < -0.4 is 5.32 Å². The van der Waals surface area contributed by atoms with E-state index in [9.17, 15) is 4.79 Å². The van der Waals surface area contributed by atoms with Crippen molar-refractivity contribution in [2.45, 2.75) is 18.9 Å². The number of likely N-dealkylation sites (tertiary alicyclic amines) is 1. The zero-order valence-corrected chi connectivity index (χ0v) is 9.76. The lowest BCUT2D eigenvalue weighted by atomic mass is 10.1. The molecule has 1 aromatic heterocycles. The number of carbonyl (C=O) groups is 1. The van der Waals surface area contributed by atoms with Gasteiger partial charge in [0, 0.05) is 13.6 Å². The van der Waals surface area contributed by atoms with E-state index in [1.807, 2.05) is 0 Å². The lowest BCUT2D eigenvalue weighted by molar-refractivity contribution is -0.135. The maximum absolute atomic E-state index is 11.6. The van der Waals surface area contributed by atoms with Gasteiger partial charge in [-0.15, -0.1) is 0 Å². The number of aromatic nitrogens is 2. The van der Waals surface area contributed by atoms with Crippen LogP contribution in [0.2, 0.25) is 0 Å². The molecule has 1 fully saturated rings. The molecule has 1 atom stereocenters. The van der Waals surface area contributed by atoms with Crippen LogP contribution in [0, 0.1) is 0 Å². The lowest BCUT2D eigenvalue weighted by Crippen LogP contribution is -2.33. The first-order valence-electron chi connectivity index (χ1n) is 5.66. The lowest BCUT2D eigenvalue weighted by Gasteiger charge is -2.23. The van der Waals surface area contributed by atoms with Crippen molar-refractivity contribution in [2.24, 2.45) is 0 Å². The highest BCUT2D eigenvalue weighted by Gasteiger charge is 2.30. The SMILES string of the molecule is CNc1cncc([C@H]2CCCN2C(=O)CO)n1. The monoisotopic (exact) mass is 236 g/mol. The molecule has 1 saturated heterocycles. The second-order valence-corrected chi connectivity index (χ2v) is 3.98. The maximum Gasteiger partial charge on any atom is 0.248 e. The van der Waals surface area contributed by atoms with Gasteiger partial charge >= 0.3 is 0 Å². The van der Waals surface area contributed by atoms with Crippen LogP contribution in [0.15, 0.2) is 12.4 Å². The predicted molar refractivity (Wildman–Crippen MR) is 62.4 cm³/mol. The summed E-state index contributed by atoms with van der Waals surface area (Å²) in [4.78, 5) is 21.7. The zero-order valence-electron chi connectivity index (χ0n) is 9.76. The molecule has 1 aromatic rings. The Hall–Kier alpha value is -1.69. The van der Waals surface area contributed by atoms with Gasteiger partial charge in [0.15, 0.2) is 0 Å². The van der Waals surface area contributed by atoms with Crippen LogP contribution in [0.3, 0.4) is 0 Å². The molecular weight excluding hydrogens is 220 g/mol. The number of aliphatic hydroxyl groups excluding tert-OH is 1. The highest BCUT2D eigenvalue weighted by Crippen LogP contribution is 2.30. The summed E-state index contributed by atoms with van der Waals surface area (Å²) in [6, 6.07) is -0.0598. The fourth-order valence-corrected chi connectivity index (χ4v) is 2.13. The van der Waals surface area contributed by atoms with E-state index in [-0.39, 0.29) is 11.9 Å². The Kier molecular flexibility index (Phi) is 3.53. The summed E-state index contributed by atoms with van der Waals surface area (Å²) in [5, 5.41) is 11.8. The molecular formula is C11H16N4O2. The van der Waals surface area contributed by atoms with Gasteiger partial charge in [0.25, 0.3) is 0 Å². The molecule has 0 unspecified atom stereocenters. The number of hydrogen-bond donors (Lipinski definition) is 2. The topological polar surface area (TPSA) is 78.4 Å². The molecule has 0 radical (unpaired) electrons. The molecule has 2 heterocycles. The minimum absolute atomic E-state index is 0.0598. The van der Waals surface area contributed by atoms with Crippen molar-refractivity contribution in [1.82, 2.24) is 14.9 Å². The highest BCUT2D eigenvalue weighted by atomic mass is 16.3. The third kappa shape index (κ3) is 2.36. The smallest absolute Gasteiger partial charge is 0.248 e. The van der Waals surface area contributed by atoms with Crippen molar-refractivity contribution in [3.63, 3.8) is 0 Å². The number of rotatable bonds is 3. The van der Waals surface area contributed by atoms with Crippen LogP contribution in [0.5, 0.6) is 0 Å². The first-order valence-corrected chi connectivity index (χ1v) is 5.66. The number of nitrogens with one attached hydrogen (secondary N) is 1.